The van der Waals surface area contributed by atoms with Gasteiger partial charge in [-0.3, -0.25) is 4.90 Å². The highest BCUT2D eigenvalue weighted by molar-refractivity contribution is 5.74. The van der Waals surface area contributed by atoms with Crippen molar-refractivity contribution in [3.8, 4) is 0 Å². The van der Waals surface area contributed by atoms with Gasteiger partial charge in [0.1, 0.15) is 0 Å². The zero-order valence-corrected chi connectivity index (χ0v) is 14.7. The van der Waals surface area contributed by atoms with Gasteiger partial charge in [-0.05, 0) is 49.9 Å². The van der Waals surface area contributed by atoms with Crippen LogP contribution in [-0.2, 0) is 13.1 Å². The summed E-state index contributed by atoms with van der Waals surface area (Å²) in [5.41, 5.74) is 2.53. The van der Waals surface area contributed by atoms with Crippen LogP contribution in [0.3, 0.4) is 0 Å². The van der Waals surface area contributed by atoms with E-state index in [4.69, 9.17) is 0 Å². The van der Waals surface area contributed by atoms with Crippen LogP contribution in [0, 0.1) is 0 Å². The van der Waals surface area contributed by atoms with E-state index in [9.17, 15) is 4.79 Å². The average molecular weight is 329 g/mol. The number of carbonyl (C=O) groups excluding carboxylic acids is 1. The minimum atomic E-state index is -0.0284. The van der Waals surface area contributed by atoms with E-state index < -0.39 is 0 Å². The lowest BCUT2D eigenvalue weighted by Gasteiger charge is -2.26. The largest absolute Gasteiger partial charge is 0.335 e. The molecular weight excluding hydrogens is 298 g/mol. The topological polar surface area (TPSA) is 44.4 Å². The van der Waals surface area contributed by atoms with Crippen LogP contribution >= 0.6 is 0 Å². The number of hydrogen-bond acceptors (Lipinski definition) is 2. The van der Waals surface area contributed by atoms with Gasteiger partial charge in [-0.25, -0.2) is 4.79 Å². The Bertz CT molecular complexity index is 502. The summed E-state index contributed by atoms with van der Waals surface area (Å²) in [6, 6.07) is 9.01. The number of piperidine rings is 1. The molecule has 0 bridgehead atoms. The second kappa shape index (κ2) is 9.07. The van der Waals surface area contributed by atoms with Crippen molar-refractivity contribution < 1.29 is 4.79 Å². The first-order chi connectivity index (χ1) is 11.8. The Morgan fingerprint density at radius 3 is 2.25 bits per heavy atom. The molecular formula is C20H31N3O. The fourth-order valence-corrected chi connectivity index (χ4v) is 3.80. The number of urea groups is 1. The number of rotatable bonds is 5. The van der Waals surface area contributed by atoms with Crippen molar-refractivity contribution in [2.24, 2.45) is 0 Å². The smallest absolute Gasteiger partial charge is 0.315 e. The highest BCUT2D eigenvalue weighted by Crippen LogP contribution is 2.17. The molecule has 0 spiro atoms. The quantitative estimate of drug-likeness (QED) is 0.863. The lowest BCUT2D eigenvalue weighted by atomic mass is 9.96. The first kappa shape index (κ1) is 17.3. The van der Waals surface area contributed by atoms with Crippen LogP contribution in [0.1, 0.15) is 62.5 Å². The van der Waals surface area contributed by atoms with Crippen LogP contribution in [-0.4, -0.2) is 30.1 Å². The van der Waals surface area contributed by atoms with Gasteiger partial charge >= 0.3 is 6.03 Å². The standard InChI is InChI=1S/C20H31N3O/c24-20(22-19-7-3-1-4-8-19)21-15-17-9-11-18(12-10-17)16-23-13-5-2-6-14-23/h9-12,19H,1-8,13-16H2,(H2,21,22,24). The molecule has 2 amide bonds. The van der Waals surface area contributed by atoms with Gasteiger partial charge in [0, 0.05) is 19.1 Å². The fourth-order valence-electron chi connectivity index (χ4n) is 3.80. The van der Waals surface area contributed by atoms with Crippen molar-refractivity contribution in [1.82, 2.24) is 15.5 Å². The maximum atomic E-state index is 12.0. The number of carbonyl (C=O) groups is 1. The first-order valence-corrected chi connectivity index (χ1v) is 9.64. The number of nitrogens with zero attached hydrogens (tertiary/aromatic N) is 1. The molecule has 0 atom stereocenters. The van der Waals surface area contributed by atoms with Crippen LogP contribution in [0.15, 0.2) is 24.3 Å². The summed E-state index contributed by atoms with van der Waals surface area (Å²) in [6.07, 6.45) is 10.1. The number of hydrogen-bond donors (Lipinski definition) is 2. The maximum absolute atomic E-state index is 12.0. The van der Waals surface area contributed by atoms with Gasteiger partial charge in [0.2, 0.25) is 0 Å². The molecule has 1 aliphatic carbocycles. The van der Waals surface area contributed by atoms with E-state index in [0.29, 0.717) is 12.6 Å². The van der Waals surface area contributed by atoms with E-state index in [0.717, 1.165) is 24.9 Å². The van der Waals surface area contributed by atoms with Crippen LogP contribution in [0.2, 0.25) is 0 Å². The molecule has 132 valence electrons. The molecule has 1 saturated heterocycles. The molecule has 1 heterocycles. The third-order valence-corrected chi connectivity index (χ3v) is 5.27. The zero-order chi connectivity index (χ0) is 16.6. The molecule has 1 aromatic carbocycles. The van der Waals surface area contributed by atoms with Crippen molar-refractivity contribution in [3.63, 3.8) is 0 Å². The van der Waals surface area contributed by atoms with E-state index in [1.807, 2.05) is 0 Å². The van der Waals surface area contributed by atoms with Crippen molar-refractivity contribution in [2.45, 2.75) is 70.5 Å². The summed E-state index contributed by atoms with van der Waals surface area (Å²) in [6.45, 7) is 4.10. The summed E-state index contributed by atoms with van der Waals surface area (Å²) in [4.78, 5) is 14.5. The molecule has 1 aromatic rings. The molecule has 4 heteroatoms. The second-order valence-corrected chi connectivity index (χ2v) is 7.32. The third kappa shape index (κ3) is 5.52. The van der Waals surface area contributed by atoms with E-state index >= 15 is 0 Å². The summed E-state index contributed by atoms with van der Waals surface area (Å²) in [5.74, 6) is 0. The highest BCUT2D eigenvalue weighted by Gasteiger charge is 2.15. The summed E-state index contributed by atoms with van der Waals surface area (Å²) in [7, 11) is 0. The summed E-state index contributed by atoms with van der Waals surface area (Å²) < 4.78 is 0. The van der Waals surface area contributed by atoms with Crippen molar-refractivity contribution >= 4 is 6.03 Å². The normalized spacial score (nSPS) is 19.8. The molecule has 1 saturated carbocycles. The average Bonchev–Trinajstić information content (AvgIpc) is 2.63. The Hall–Kier alpha value is -1.55. The van der Waals surface area contributed by atoms with Gasteiger partial charge in [-0.2, -0.15) is 0 Å². The molecule has 2 aliphatic rings. The van der Waals surface area contributed by atoms with Crippen LogP contribution in [0.25, 0.3) is 0 Å². The van der Waals surface area contributed by atoms with E-state index in [-0.39, 0.29) is 6.03 Å². The second-order valence-electron chi connectivity index (χ2n) is 7.32. The van der Waals surface area contributed by atoms with Gasteiger partial charge in [0.05, 0.1) is 0 Å². The van der Waals surface area contributed by atoms with E-state index in [2.05, 4.69) is 39.8 Å². The number of likely N-dealkylation sites (tertiary alicyclic amines) is 1. The van der Waals surface area contributed by atoms with Crippen molar-refractivity contribution in [2.75, 3.05) is 13.1 Å². The predicted octanol–water partition coefficient (Wildman–Crippen LogP) is 3.80. The first-order valence-electron chi connectivity index (χ1n) is 9.64. The minimum absolute atomic E-state index is 0.0284. The van der Waals surface area contributed by atoms with Gasteiger partial charge < -0.3 is 10.6 Å². The SMILES string of the molecule is O=C(NCc1ccc(CN2CCCCC2)cc1)NC1CCCCC1. The lowest BCUT2D eigenvalue weighted by Crippen LogP contribution is -2.42. The van der Waals surface area contributed by atoms with Gasteiger partial charge in [-0.1, -0.05) is 49.9 Å². The Morgan fingerprint density at radius 2 is 1.54 bits per heavy atom. The monoisotopic (exact) mass is 329 g/mol. The van der Waals surface area contributed by atoms with Crippen LogP contribution < -0.4 is 10.6 Å². The van der Waals surface area contributed by atoms with Crippen LogP contribution in [0.5, 0.6) is 0 Å². The Kier molecular flexibility index (Phi) is 6.53. The zero-order valence-electron chi connectivity index (χ0n) is 14.7. The minimum Gasteiger partial charge on any atom is -0.335 e. The van der Waals surface area contributed by atoms with E-state index in [1.165, 1.54) is 57.2 Å². The Labute approximate surface area is 146 Å². The number of amides is 2. The van der Waals surface area contributed by atoms with Gasteiger partial charge in [-0.15, -0.1) is 0 Å². The van der Waals surface area contributed by atoms with Crippen LogP contribution in [0.4, 0.5) is 4.79 Å². The molecule has 0 radical (unpaired) electrons. The fraction of sp³-hybridized carbons (Fsp3) is 0.650. The molecule has 0 aromatic heterocycles. The van der Waals surface area contributed by atoms with Gasteiger partial charge in [0.15, 0.2) is 0 Å². The molecule has 2 fully saturated rings. The molecule has 2 N–H and O–H groups in total. The third-order valence-electron chi connectivity index (χ3n) is 5.27. The van der Waals surface area contributed by atoms with E-state index in [1.54, 1.807) is 0 Å². The predicted molar refractivity (Wildman–Crippen MR) is 97.8 cm³/mol. The molecule has 0 unspecified atom stereocenters. The molecule has 4 nitrogen and oxygen atoms in total. The maximum Gasteiger partial charge on any atom is 0.315 e. The summed E-state index contributed by atoms with van der Waals surface area (Å²) >= 11 is 0. The van der Waals surface area contributed by atoms with Gasteiger partial charge in [0.25, 0.3) is 0 Å². The Balaban J connectivity index is 1.39. The number of nitrogens with one attached hydrogen (secondary N) is 2. The number of benzene rings is 1. The van der Waals surface area contributed by atoms with Crippen molar-refractivity contribution in [3.05, 3.63) is 35.4 Å². The highest BCUT2D eigenvalue weighted by atomic mass is 16.2. The lowest BCUT2D eigenvalue weighted by molar-refractivity contribution is 0.221. The molecule has 24 heavy (non-hydrogen) atoms. The molecule has 1 aliphatic heterocycles. The van der Waals surface area contributed by atoms with Crippen molar-refractivity contribution in [1.29, 1.82) is 0 Å². The Morgan fingerprint density at radius 1 is 0.917 bits per heavy atom. The molecule has 3 rings (SSSR count). The summed E-state index contributed by atoms with van der Waals surface area (Å²) in [5, 5.41) is 6.08.